The number of carbonyl (C=O) groups is 2. The third-order valence-corrected chi connectivity index (χ3v) is 7.25. The molecule has 0 bridgehead atoms. The highest BCUT2D eigenvalue weighted by atomic mass is 16.5. The molecule has 1 aromatic heterocycles. The molecule has 0 spiro atoms. The minimum absolute atomic E-state index is 0.00240. The number of likely N-dealkylation sites (tertiary alicyclic amines) is 1. The van der Waals surface area contributed by atoms with Crippen LogP contribution in [-0.2, 0) is 16.0 Å². The van der Waals surface area contributed by atoms with Crippen LogP contribution in [0.5, 0.6) is 5.75 Å². The van der Waals surface area contributed by atoms with Crippen LogP contribution in [0.1, 0.15) is 56.6 Å². The van der Waals surface area contributed by atoms with Gasteiger partial charge in [-0.05, 0) is 55.0 Å². The molecule has 0 aliphatic carbocycles. The van der Waals surface area contributed by atoms with Crippen molar-refractivity contribution < 1.29 is 14.3 Å². The number of piperidine rings is 1. The van der Waals surface area contributed by atoms with Crippen LogP contribution in [0.2, 0.25) is 0 Å². The first-order chi connectivity index (χ1) is 18.0. The molecule has 1 saturated heterocycles. The maximum Gasteiger partial charge on any atom is 0.245 e. The molecular weight excluding hydrogens is 464 g/mol. The SMILES string of the molecule is COc1ccccc1C1CCN(C(=O)[C@@H](Cc2c[nH]c3ccccc23)NC(=O)CCCNC(C)C)CC1. The van der Waals surface area contributed by atoms with Crippen molar-refractivity contribution in [2.24, 2.45) is 0 Å². The second-order valence-electron chi connectivity index (χ2n) is 10.2. The quantitative estimate of drug-likeness (QED) is 0.338. The van der Waals surface area contributed by atoms with E-state index in [9.17, 15) is 9.59 Å². The lowest BCUT2D eigenvalue weighted by atomic mass is 9.88. The number of para-hydroxylation sites is 2. The Labute approximate surface area is 220 Å². The predicted molar refractivity (Wildman–Crippen MR) is 148 cm³/mol. The van der Waals surface area contributed by atoms with E-state index in [1.54, 1.807) is 7.11 Å². The average molecular weight is 505 g/mol. The Bertz CT molecular complexity index is 1180. The first-order valence-corrected chi connectivity index (χ1v) is 13.5. The Kier molecular flexibility index (Phi) is 9.23. The number of amides is 2. The molecule has 4 rings (SSSR count). The van der Waals surface area contributed by atoms with Gasteiger partial charge in [0.2, 0.25) is 11.8 Å². The Morgan fingerprint density at radius 3 is 2.57 bits per heavy atom. The van der Waals surface area contributed by atoms with Crippen molar-refractivity contribution in [3.8, 4) is 5.75 Å². The van der Waals surface area contributed by atoms with Crippen LogP contribution < -0.4 is 15.4 Å². The van der Waals surface area contributed by atoms with Crippen molar-refractivity contribution in [3.63, 3.8) is 0 Å². The molecule has 2 amide bonds. The van der Waals surface area contributed by atoms with Gasteiger partial charge in [-0.1, -0.05) is 50.2 Å². The summed E-state index contributed by atoms with van der Waals surface area (Å²) in [5.74, 6) is 1.18. The van der Waals surface area contributed by atoms with Crippen molar-refractivity contribution in [3.05, 3.63) is 65.9 Å². The first kappa shape index (κ1) is 26.7. The maximum absolute atomic E-state index is 13.7. The number of ether oxygens (including phenoxy) is 1. The summed E-state index contributed by atoms with van der Waals surface area (Å²) in [6.45, 7) is 6.29. The fourth-order valence-electron chi connectivity index (χ4n) is 5.26. The summed E-state index contributed by atoms with van der Waals surface area (Å²) in [6.07, 6.45) is 5.31. The van der Waals surface area contributed by atoms with Gasteiger partial charge in [-0.2, -0.15) is 0 Å². The number of aromatic amines is 1. The van der Waals surface area contributed by atoms with Crippen molar-refractivity contribution in [2.45, 2.75) is 64.0 Å². The summed E-state index contributed by atoms with van der Waals surface area (Å²) in [5.41, 5.74) is 3.28. The molecule has 3 aromatic rings. The van der Waals surface area contributed by atoms with E-state index in [4.69, 9.17) is 4.74 Å². The van der Waals surface area contributed by atoms with E-state index in [0.717, 1.165) is 48.0 Å². The van der Waals surface area contributed by atoms with Crippen LogP contribution in [0, 0.1) is 0 Å². The van der Waals surface area contributed by atoms with E-state index >= 15 is 0 Å². The summed E-state index contributed by atoms with van der Waals surface area (Å²) in [6, 6.07) is 16.0. The second-order valence-corrected chi connectivity index (χ2v) is 10.2. The first-order valence-electron chi connectivity index (χ1n) is 13.5. The normalized spacial score (nSPS) is 15.2. The number of rotatable bonds is 11. The number of benzene rings is 2. The Balaban J connectivity index is 1.43. The molecule has 2 heterocycles. The number of fused-ring (bicyclic) bond motifs is 1. The minimum atomic E-state index is -0.590. The van der Waals surface area contributed by atoms with Gasteiger partial charge in [0, 0.05) is 49.1 Å². The van der Waals surface area contributed by atoms with Crippen LogP contribution in [0.4, 0.5) is 0 Å². The standard InChI is InChI=1S/C30H40N4O3/c1-21(2)31-16-8-13-29(35)33-27(19-23-20-32-26-11-6-4-9-24(23)26)30(36)34-17-14-22(15-18-34)25-10-5-7-12-28(25)37-3/h4-7,9-12,20-22,27,31-32H,8,13-19H2,1-3H3,(H,33,35)/t27-/m1/s1. The van der Waals surface area contributed by atoms with Gasteiger partial charge in [-0.3, -0.25) is 9.59 Å². The van der Waals surface area contributed by atoms with E-state index in [2.05, 4.69) is 41.6 Å². The van der Waals surface area contributed by atoms with Gasteiger partial charge < -0.3 is 25.3 Å². The summed E-state index contributed by atoms with van der Waals surface area (Å²) < 4.78 is 5.57. The molecule has 7 nitrogen and oxygen atoms in total. The van der Waals surface area contributed by atoms with E-state index in [-0.39, 0.29) is 11.8 Å². The Morgan fingerprint density at radius 2 is 1.81 bits per heavy atom. The van der Waals surface area contributed by atoms with Gasteiger partial charge in [0.05, 0.1) is 7.11 Å². The highest BCUT2D eigenvalue weighted by Crippen LogP contribution is 2.34. The van der Waals surface area contributed by atoms with Gasteiger partial charge >= 0.3 is 0 Å². The fourth-order valence-corrected chi connectivity index (χ4v) is 5.26. The van der Waals surface area contributed by atoms with E-state index in [1.165, 1.54) is 5.56 Å². The van der Waals surface area contributed by atoms with Crippen molar-refractivity contribution in [2.75, 3.05) is 26.7 Å². The van der Waals surface area contributed by atoms with Crippen LogP contribution >= 0.6 is 0 Å². The van der Waals surface area contributed by atoms with Crippen LogP contribution in [-0.4, -0.2) is 60.5 Å². The van der Waals surface area contributed by atoms with Crippen molar-refractivity contribution in [1.29, 1.82) is 0 Å². The molecule has 0 radical (unpaired) electrons. The van der Waals surface area contributed by atoms with Gasteiger partial charge in [0.25, 0.3) is 0 Å². The topological polar surface area (TPSA) is 86.5 Å². The number of aromatic nitrogens is 1. The van der Waals surface area contributed by atoms with Crippen LogP contribution in [0.3, 0.4) is 0 Å². The lowest BCUT2D eigenvalue weighted by molar-refractivity contribution is -0.137. The largest absolute Gasteiger partial charge is 0.496 e. The van der Waals surface area contributed by atoms with E-state index < -0.39 is 6.04 Å². The summed E-state index contributed by atoms with van der Waals surface area (Å²) in [7, 11) is 1.70. The minimum Gasteiger partial charge on any atom is -0.496 e. The molecule has 1 atom stereocenters. The van der Waals surface area contributed by atoms with Gasteiger partial charge in [-0.15, -0.1) is 0 Å². The highest BCUT2D eigenvalue weighted by Gasteiger charge is 2.31. The molecule has 2 aromatic carbocycles. The monoisotopic (exact) mass is 504 g/mol. The fraction of sp³-hybridized carbons (Fsp3) is 0.467. The van der Waals surface area contributed by atoms with E-state index in [0.29, 0.717) is 37.9 Å². The van der Waals surface area contributed by atoms with Gasteiger partial charge in [0.15, 0.2) is 0 Å². The maximum atomic E-state index is 13.7. The molecule has 1 aliphatic rings. The number of hydrogen-bond acceptors (Lipinski definition) is 4. The summed E-state index contributed by atoms with van der Waals surface area (Å²) >= 11 is 0. The molecule has 1 fully saturated rings. The smallest absolute Gasteiger partial charge is 0.245 e. The molecule has 0 saturated carbocycles. The zero-order valence-corrected chi connectivity index (χ0v) is 22.3. The number of methoxy groups -OCH3 is 1. The molecule has 3 N–H and O–H groups in total. The third kappa shape index (κ3) is 6.92. The second kappa shape index (κ2) is 12.8. The predicted octanol–water partition coefficient (Wildman–Crippen LogP) is 4.39. The number of nitrogens with zero attached hydrogens (tertiary/aromatic N) is 1. The lowest BCUT2D eigenvalue weighted by Crippen LogP contribution is -2.51. The molecule has 1 aliphatic heterocycles. The van der Waals surface area contributed by atoms with Crippen molar-refractivity contribution >= 4 is 22.7 Å². The lowest BCUT2D eigenvalue weighted by Gasteiger charge is -2.35. The number of hydrogen-bond donors (Lipinski definition) is 3. The Morgan fingerprint density at radius 1 is 1.08 bits per heavy atom. The molecule has 198 valence electrons. The zero-order chi connectivity index (χ0) is 26.2. The average Bonchev–Trinajstić information content (AvgIpc) is 3.33. The van der Waals surface area contributed by atoms with Crippen molar-refractivity contribution in [1.82, 2.24) is 20.5 Å². The van der Waals surface area contributed by atoms with Crippen LogP contribution in [0.25, 0.3) is 10.9 Å². The van der Waals surface area contributed by atoms with Crippen LogP contribution in [0.15, 0.2) is 54.7 Å². The Hall–Kier alpha value is -3.32. The number of H-pyrrole nitrogens is 1. The number of carbonyl (C=O) groups excluding carboxylic acids is 2. The van der Waals surface area contributed by atoms with Gasteiger partial charge in [0.1, 0.15) is 11.8 Å². The molecule has 7 heteroatoms. The molecule has 37 heavy (non-hydrogen) atoms. The summed E-state index contributed by atoms with van der Waals surface area (Å²) in [4.78, 5) is 31.8. The zero-order valence-electron chi connectivity index (χ0n) is 22.3. The summed E-state index contributed by atoms with van der Waals surface area (Å²) in [5, 5.41) is 7.51. The molecule has 0 unspecified atom stereocenters. The molecular formula is C30H40N4O3. The van der Waals surface area contributed by atoms with Gasteiger partial charge in [-0.25, -0.2) is 0 Å². The number of nitrogens with one attached hydrogen (secondary N) is 3. The van der Waals surface area contributed by atoms with E-state index in [1.807, 2.05) is 47.5 Å². The third-order valence-electron chi connectivity index (χ3n) is 7.25. The highest BCUT2D eigenvalue weighted by molar-refractivity contribution is 5.89.